The van der Waals surface area contributed by atoms with E-state index in [1.807, 2.05) is 54.2 Å². The smallest absolute Gasteiger partial charge is 0.230 e. The van der Waals surface area contributed by atoms with Gasteiger partial charge in [0.1, 0.15) is 17.3 Å². The lowest BCUT2D eigenvalue weighted by Crippen LogP contribution is -2.35. The normalized spacial score (nSPS) is 17.9. The van der Waals surface area contributed by atoms with Crippen LogP contribution >= 0.6 is 11.8 Å². The monoisotopic (exact) mass is 529 g/mol. The molecule has 0 radical (unpaired) electrons. The number of carbonyl (C=O) groups excluding carboxylic acids is 2. The van der Waals surface area contributed by atoms with Crippen molar-refractivity contribution in [2.24, 2.45) is 5.92 Å². The number of ketones is 1. The summed E-state index contributed by atoms with van der Waals surface area (Å²) >= 11 is 1.86. The molecule has 6 heteroatoms. The van der Waals surface area contributed by atoms with Crippen LogP contribution in [0.1, 0.15) is 35.1 Å². The summed E-state index contributed by atoms with van der Waals surface area (Å²) in [7, 11) is 3.36. The van der Waals surface area contributed by atoms with Crippen molar-refractivity contribution < 1.29 is 18.7 Å². The summed E-state index contributed by atoms with van der Waals surface area (Å²) in [5.74, 6) is 1.63. The third kappa shape index (κ3) is 5.86. The Morgan fingerprint density at radius 3 is 2.58 bits per heavy atom. The van der Waals surface area contributed by atoms with E-state index in [1.165, 1.54) is 17.2 Å². The first kappa shape index (κ1) is 26.2. The first-order valence-corrected chi connectivity index (χ1v) is 14.2. The molecule has 1 amide bonds. The molecule has 0 fully saturated rings. The van der Waals surface area contributed by atoms with Crippen LogP contribution < -0.4 is 9.64 Å². The summed E-state index contributed by atoms with van der Waals surface area (Å²) in [4.78, 5) is 29.0. The van der Waals surface area contributed by atoms with Crippen molar-refractivity contribution in [3.05, 3.63) is 100 Å². The van der Waals surface area contributed by atoms with Gasteiger partial charge in [0, 0.05) is 37.2 Å². The zero-order valence-corrected chi connectivity index (χ0v) is 22.7. The van der Waals surface area contributed by atoms with Gasteiger partial charge in [0.2, 0.25) is 5.91 Å². The Morgan fingerprint density at radius 2 is 1.79 bits per heavy atom. The highest BCUT2D eigenvalue weighted by atomic mass is 32.2. The summed E-state index contributed by atoms with van der Waals surface area (Å²) in [6.45, 7) is 0. The van der Waals surface area contributed by atoms with E-state index in [9.17, 15) is 14.0 Å². The van der Waals surface area contributed by atoms with Crippen LogP contribution in [0.15, 0.2) is 72.3 Å². The zero-order chi connectivity index (χ0) is 26.6. The van der Waals surface area contributed by atoms with E-state index in [-0.39, 0.29) is 30.3 Å². The van der Waals surface area contributed by atoms with Gasteiger partial charge in [-0.05, 0) is 89.2 Å². The largest absolute Gasteiger partial charge is 0.497 e. The zero-order valence-electron chi connectivity index (χ0n) is 21.8. The van der Waals surface area contributed by atoms with Crippen molar-refractivity contribution in [2.75, 3.05) is 30.6 Å². The summed E-state index contributed by atoms with van der Waals surface area (Å²) in [5, 5.41) is 0. The molecule has 2 bridgehead atoms. The third-order valence-electron chi connectivity index (χ3n) is 7.50. The second-order valence-corrected chi connectivity index (χ2v) is 11.2. The highest BCUT2D eigenvalue weighted by Crippen LogP contribution is 2.38. The minimum absolute atomic E-state index is 0.00862. The van der Waals surface area contributed by atoms with Gasteiger partial charge in [-0.15, -0.1) is 0 Å². The maximum absolute atomic E-state index is 14.2. The number of carbonyl (C=O) groups is 2. The number of benzene rings is 3. The lowest BCUT2D eigenvalue weighted by Gasteiger charge is -2.24. The molecule has 196 valence electrons. The van der Waals surface area contributed by atoms with Gasteiger partial charge in [-0.2, -0.15) is 11.8 Å². The minimum atomic E-state index is -0.500. The number of rotatable bonds is 3. The molecule has 0 spiro atoms. The Bertz CT molecular complexity index is 1380. The highest BCUT2D eigenvalue weighted by Gasteiger charge is 2.29. The number of fused-ring (bicyclic) bond motifs is 4. The fraction of sp³-hybridized carbons (Fsp3) is 0.312. The van der Waals surface area contributed by atoms with Gasteiger partial charge in [0.05, 0.1) is 7.11 Å². The van der Waals surface area contributed by atoms with Gasteiger partial charge < -0.3 is 9.64 Å². The molecule has 3 aromatic carbocycles. The van der Waals surface area contributed by atoms with Gasteiger partial charge in [0.25, 0.3) is 0 Å². The molecule has 38 heavy (non-hydrogen) atoms. The number of aryl methyl sites for hydroxylation is 1. The first-order valence-electron chi connectivity index (χ1n) is 13.0. The molecular formula is C32H32FNO3S. The average molecular weight is 530 g/mol. The number of nitrogens with zero attached hydrogens (tertiary/aromatic N) is 1. The summed E-state index contributed by atoms with van der Waals surface area (Å²) < 4.78 is 19.4. The number of thioether (sulfide) groups is 1. The standard InChI is InChI=1S/C32H32FNO3S/c1-34(27-8-10-29(37-2)11-9-27)32(36)24-15-22-5-3-4-21(14-22)12-13-38-20-25-16-23-6-7-26(33)18-30(23)31(25)19-28(35)17-24/h3-11,14,18,24H,12-13,15-17,19-20H2,1-2H3/t24-/m1/s1. The molecule has 0 saturated heterocycles. The van der Waals surface area contributed by atoms with Gasteiger partial charge in [-0.1, -0.05) is 35.9 Å². The lowest BCUT2D eigenvalue weighted by atomic mass is 9.89. The van der Waals surface area contributed by atoms with Gasteiger partial charge in [-0.3, -0.25) is 9.59 Å². The molecule has 5 rings (SSSR count). The summed E-state index contributed by atoms with van der Waals surface area (Å²) in [6.07, 6.45) is 2.54. The summed E-state index contributed by atoms with van der Waals surface area (Å²) in [6, 6.07) is 20.6. The molecule has 1 aliphatic carbocycles. The molecular weight excluding hydrogens is 497 g/mol. The van der Waals surface area contributed by atoms with Crippen molar-refractivity contribution in [1.82, 2.24) is 0 Å². The number of hydrogen-bond donors (Lipinski definition) is 0. The lowest BCUT2D eigenvalue weighted by molar-refractivity contribution is -0.127. The van der Waals surface area contributed by atoms with Crippen LogP contribution in [-0.4, -0.2) is 37.4 Å². The molecule has 0 N–H and O–H groups in total. The van der Waals surface area contributed by atoms with Gasteiger partial charge in [-0.25, -0.2) is 4.39 Å². The van der Waals surface area contributed by atoms with Crippen molar-refractivity contribution in [3.63, 3.8) is 0 Å². The average Bonchev–Trinajstić information content (AvgIpc) is 3.25. The van der Waals surface area contributed by atoms with Crippen molar-refractivity contribution >= 4 is 34.7 Å². The van der Waals surface area contributed by atoms with E-state index in [0.717, 1.165) is 58.0 Å². The second-order valence-electron chi connectivity index (χ2n) is 10.1. The topological polar surface area (TPSA) is 46.6 Å². The Balaban J connectivity index is 1.45. The molecule has 1 atom stereocenters. The molecule has 0 aromatic heterocycles. The number of Topliss-reactive ketones (excluding diaryl/α,β-unsaturated/α-hetero) is 1. The number of halogens is 1. The van der Waals surface area contributed by atoms with E-state index in [0.29, 0.717) is 6.42 Å². The second kappa shape index (κ2) is 11.6. The van der Waals surface area contributed by atoms with Crippen LogP contribution in [0.25, 0.3) is 5.57 Å². The van der Waals surface area contributed by atoms with Crippen LogP contribution in [0.4, 0.5) is 10.1 Å². The number of methoxy groups -OCH3 is 1. The van der Waals surface area contributed by atoms with Crippen LogP contribution in [0, 0.1) is 11.7 Å². The van der Waals surface area contributed by atoms with Crippen molar-refractivity contribution in [3.8, 4) is 5.75 Å². The van der Waals surface area contributed by atoms with Crippen LogP contribution in [0.3, 0.4) is 0 Å². The van der Waals surface area contributed by atoms with E-state index >= 15 is 0 Å². The van der Waals surface area contributed by atoms with Crippen LogP contribution in [0.5, 0.6) is 5.75 Å². The first-order chi connectivity index (χ1) is 18.4. The van der Waals surface area contributed by atoms with E-state index in [2.05, 4.69) is 12.1 Å². The van der Waals surface area contributed by atoms with Crippen molar-refractivity contribution in [2.45, 2.75) is 32.1 Å². The number of ether oxygens (including phenoxy) is 1. The van der Waals surface area contributed by atoms with Gasteiger partial charge >= 0.3 is 0 Å². The molecule has 0 saturated carbocycles. The predicted molar refractivity (Wildman–Crippen MR) is 152 cm³/mol. The Kier molecular flexibility index (Phi) is 7.98. The Labute approximate surface area is 227 Å². The van der Waals surface area contributed by atoms with Crippen LogP contribution in [-0.2, 0) is 28.9 Å². The quantitative estimate of drug-likeness (QED) is 0.399. The number of allylic oxidation sites excluding steroid dienone is 1. The maximum atomic E-state index is 14.2. The SMILES string of the molecule is COc1ccc(N(C)C(=O)[C@H]2CC(=O)CC3=C(CSCCc4cccc(c4)C2)Cc2ccc(F)cc23)cc1. The van der Waals surface area contributed by atoms with Gasteiger partial charge in [0.15, 0.2) is 0 Å². The molecule has 1 heterocycles. The highest BCUT2D eigenvalue weighted by molar-refractivity contribution is 7.99. The fourth-order valence-electron chi connectivity index (χ4n) is 5.45. The number of amides is 1. The molecule has 3 aromatic rings. The summed E-state index contributed by atoms with van der Waals surface area (Å²) in [5.41, 5.74) is 7.12. The molecule has 0 unspecified atom stereocenters. The molecule has 4 nitrogen and oxygen atoms in total. The predicted octanol–water partition coefficient (Wildman–Crippen LogP) is 6.30. The minimum Gasteiger partial charge on any atom is -0.497 e. The Morgan fingerprint density at radius 1 is 1.00 bits per heavy atom. The maximum Gasteiger partial charge on any atom is 0.230 e. The van der Waals surface area contributed by atoms with Crippen molar-refractivity contribution in [1.29, 1.82) is 0 Å². The molecule has 2 aliphatic rings. The fourth-order valence-corrected chi connectivity index (χ4v) is 6.50. The van der Waals surface area contributed by atoms with E-state index < -0.39 is 5.92 Å². The van der Waals surface area contributed by atoms with E-state index in [1.54, 1.807) is 25.1 Å². The molecule has 1 aliphatic heterocycles. The number of anilines is 1. The third-order valence-corrected chi connectivity index (χ3v) is 8.55. The van der Waals surface area contributed by atoms with E-state index in [4.69, 9.17) is 4.74 Å². The van der Waals surface area contributed by atoms with Crippen LogP contribution in [0.2, 0.25) is 0 Å². The number of hydrogen-bond acceptors (Lipinski definition) is 4. The Hall–Kier alpha value is -3.38.